The SMILES string of the molecule is NC(=S)C1CCCN(CC(=O)Nc2ccc(F)cc2)C1. The molecule has 1 aliphatic heterocycles. The lowest BCUT2D eigenvalue weighted by atomic mass is 9.98. The van der Waals surface area contributed by atoms with Gasteiger partial charge in [0, 0.05) is 18.2 Å². The summed E-state index contributed by atoms with van der Waals surface area (Å²) in [7, 11) is 0. The molecular weight excluding hydrogens is 277 g/mol. The highest BCUT2D eigenvalue weighted by molar-refractivity contribution is 7.80. The molecule has 1 aromatic rings. The molecule has 1 aromatic carbocycles. The lowest BCUT2D eigenvalue weighted by molar-refractivity contribution is -0.117. The lowest BCUT2D eigenvalue weighted by Crippen LogP contribution is -2.43. The Labute approximate surface area is 123 Å². The van der Waals surface area contributed by atoms with Gasteiger partial charge in [0.05, 0.1) is 11.5 Å². The van der Waals surface area contributed by atoms with E-state index in [2.05, 4.69) is 5.32 Å². The van der Waals surface area contributed by atoms with Gasteiger partial charge in [-0.15, -0.1) is 0 Å². The first kappa shape index (κ1) is 14.9. The number of nitrogens with two attached hydrogens (primary N) is 1. The number of halogens is 1. The quantitative estimate of drug-likeness (QED) is 0.831. The van der Waals surface area contributed by atoms with Crippen LogP contribution in [0.1, 0.15) is 12.8 Å². The predicted molar refractivity (Wildman–Crippen MR) is 81.0 cm³/mol. The number of thiocarbonyl (C=S) groups is 1. The lowest BCUT2D eigenvalue weighted by Gasteiger charge is -2.31. The molecule has 0 spiro atoms. The molecule has 1 saturated heterocycles. The van der Waals surface area contributed by atoms with Crippen molar-refractivity contribution < 1.29 is 9.18 Å². The molecule has 0 radical (unpaired) electrons. The Balaban J connectivity index is 1.85. The van der Waals surface area contributed by atoms with Crippen LogP contribution >= 0.6 is 12.2 Å². The van der Waals surface area contributed by atoms with E-state index in [1.54, 1.807) is 12.1 Å². The Hall–Kier alpha value is -1.53. The zero-order chi connectivity index (χ0) is 14.5. The predicted octanol–water partition coefficient (Wildman–Crippen LogP) is 1.76. The minimum Gasteiger partial charge on any atom is -0.393 e. The highest BCUT2D eigenvalue weighted by Crippen LogP contribution is 2.16. The third kappa shape index (κ3) is 4.25. The van der Waals surface area contributed by atoms with Gasteiger partial charge in [0.25, 0.3) is 0 Å². The summed E-state index contributed by atoms with van der Waals surface area (Å²) in [6, 6.07) is 5.72. The van der Waals surface area contributed by atoms with Crippen molar-refractivity contribution in [1.82, 2.24) is 4.90 Å². The number of piperidine rings is 1. The number of benzene rings is 1. The Bertz CT molecular complexity index is 492. The summed E-state index contributed by atoms with van der Waals surface area (Å²) < 4.78 is 12.8. The van der Waals surface area contributed by atoms with E-state index in [-0.39, 0.29) is 17.6 Å². The molecule has 1 amide bonds. The molecule has 20 heavy (non-hydrogen) atoms. The summed E-state index contributed by atoms with van der Waals surface area (Å²) in [5.74, 6) is -0.240. The van der Waals surface area contributed by atoms with E-state index >= 15 is 0 Å². The van der Waals surface area contributed by atoms with Crippen LogP contribution < -0.4 is 11.1 Å². The fourth-order valence-corrected chi connectivity index (χ4v) is 2.56. The first-order valence-electron chi connectivity index (χ1n) is 6.61. The molecule has 6 heteroatoms. The largest absolute Gasteiger partial charge is 0.393 e. The minimum atomic E-state index is -0.321. The van der Waals surface area contributed by atoms with Crippen molar-refractivity contribution in [3.63, 3.8) is 0 Å². The van der Waals surface area contributed by atoms with Crippen LogP contribution in [0.5, 0.6) is 0 Å². The number of hydrogen-bond donors (Lipinski definition) is 2. The van der Waals surface area contributed by atoms with Crippen molar-refractivity contribution in [2.24, 2.45) is 11.7 Å². The van der Waals surface area contributed by atoms with Gasteiger partial charge in [-0.1, -0.05) is 12.2 Å². The van der Waals surface area contributed by atoms with Crippen molar-refractivity contribution in [2.75, 3.05) is 25.0 Å². The molecule has 0 aliphatic carbocycles. The average molecular weight is 295 g/mol. The van der Waals surface area contributed by atoms with Gasteiger partial charge in [-0.2, -0.15) is 0 Å². The summed E-state index contributed by atoms with van der Waals surface area (Å²) in [6.07, 6.45) is 1.98. The molecule has 2 rings (SSSR count). The van der Waals surface area contributed by atoms with Gasteiger partial charge in [-0.25, -0.2) is 4.39 Å². The van der Waals surface area contributed by atoms with E-state index in [9.17, 15) is 9.18 Å². The van der Waals surface area contributed by atoms with E-state index in [4.69, 9.17) is 18.0 Å². The number of anilines is 1. The maximum absolute atomic E-state index is 12.8. The monoisotopic (exact) mass is 295 g/mol. The van der Waals surface area contributed by atoms with Gasteiger partial charge in [0.15, 0.2) is 0 Å². The Morgan fingerprint density at radius 1 is 1.45 bits per heavy atom. The molecule has 0 saturated carbocycles. The number of rotatable bonds is 4. The van der Waals surface area contributed by atoms with Crippen LogP contribution in [0.25, 0.3) is 0 Å². The van der Waals surface area contributed by atoms with Crippen LogP contribution in [0.3, 0.4) is 0 Å². The van der Waals surface area contributed by atoms with Crippen molar-refractivity contribution in [3.8, 4) is 0 Å². The third-order valence-electron chi connectivity index (χ3n) is 3.40. The van der Waals surface area contributed by atoms with Crippen molar-refractivity contribution in [1.29, 1.82) is 0 Å². The van der Waals surface area contributed by atoms with Crippen molar-refractivity contribution in [3.05, 3.63) is 30.1 Å². The second-order valence-corrected chi connectivity index (χ2v) is 5.50. The number of nitrogens with zero attached hydrogens (tertiary/aromatic N) is 1. The molecular formula is C14H18FN3OS. The maximum atomic E-state index is 12.8. The molecule has 1 aliphatic rings. The molecule has 108 valence electrons. The zero-order valence-corrected chi connectivity index (χ0v) is 12.0. The van der Waals surface area contributed by atoms with E-state index in [0.29, 0.717) is 17.2 Å². The topological polar surface area (TPSA) is 58.4 Å². The van der Waals surface area contributed by atoms with Gasteiger partial charge in [0.2, 0.25) is 5.91 Å². The first-order valence-corrected chi connectivity index (χ1v) is 7.02. The van der Waals surface area contributed by atoms with E-state index in [0.717, 1.165) is 25.9 Å². The molecule has 1 heterocycles. The van der Waals surface area contributed by atoms with Crippen LogP contribution in [-0.2, 0) is 4.79 Å². The summed E-state index contributed by atoms with van der Waals surface area (Å²) in [6.45, 7) is 1.90. The van der Waals surface area contributed by atoms with E-state index < -0.39 is 0 Å². The van der Waals surface area contributed by atoms with E-state index in [1.807, 2.05) is 4.90 Å². The van der Waals surface area contributed by atoms with Crippen molar-refractivity contribution >= 4 is 28.8 Å². The number of carbonyl (C=O) groups is 1. The molecule has 1 unspecified atom stereocenters. The van der Waals surface area contributed by atoms with Gasteiger partial charge in [0.1, 0.15) is 5.82 Å². The number of likely N-dealkylation sites (tertiary alicyclic amines) is 1. The number of nitrogens with one attached hydrogen (secondary N) is 1. The first-order chi connectivity index (χ1) is 9.54. The van der Waals surface area contributed by atoms with Crippen molar-refractivity contribution in [2.45, 2.75) is 12.8 Å². The zero-order valence-electron chi connectivity index (χ0n) is 11.1. The normalized spacial score (nSPS) is 19.6. The second kappa shape index (κ2) is 6.76. The highest BCUT2D eigenvalue weighted by Gasteiger charge is 2.23. The molecule has 4 nitrogen and oxygen atoms in total. The number of amides is 1. The van der Waals surface area contributed by atoms with Crippen LogP contribution in [0, 0.1) is 11.7 Å². The summed E-state index contributed by atoms with van der Waals surface area (Å²) in [4.78, 5) is 14.5. The van der Waals surface area contributed by atoms with Gasteiger partial charge in [-0.3, -0.25) is 9.69 Å². The Morgan fingerprint density at radius 3 is 2.80 bits per heavy atom. The Morgan fingerprint density at radius 2 is 2.15 bits per heavy atom. The standard InChI is InChI=1S/C14H18FN3OS/c15-11-3-5-12(6-4-11)17-13(19)9-18-7-1-2-10(8-18)14(16)20/h3-6,10H,1-2,7-9H2,(H2,16,20)(H,17,19). The average Bonchev–Trinajstić information content (AvgIpc) is 2.41. The molecule has 1 atom stereocenters. The fourth-order valence-electron chi connectivity index (χ4n) is 2.37. The summed E-state index contributed by atoms with van der Waals surface area (Å²) in [5.41, 5.74) is 6.26. The van der Waals surface area contributed by atoms with Gasteiger partial charge >= 0.3 is 0 Å². The van der Waals surface area contributed by atoms with Crippen LogP contribution in [0.15, 0.2) is 24.3 Å². The fraction of sp³-hybridized carbons (Fsp3) is 0.429. The second-order valence-electron chi connectivity index (χ2n) is 5.03. The number of hydrogen-bond acceptors (Lipinski definition) is 3. The smallest absolute Gasteiger partial charge is 0.238 e. The van der Waals surface area contributed by atoms with Gasteiger partial charge < -0.3 is 11.1 Å². The molecule has 3 N–H and O–H groups in total. The van der Waals surface area contributed by atoms with E-state index in [1.165, 1.54) is 12.1 Å². The van der Waals surface area contributed by atoms with Crippen LogP contribution in [-0.4, -0.2) is 35.4 Å². The molecule has 0 bridgehead atoms. The molecule has 0 aromatic heterocycles. The highest BCUT2D eigenvalue weighted by atomic mass is 32.1. The minimum absolute atomic E-state index is 0.111. The third-order valence-corrected chi connectivity index (χ3v) is 3.74. The van der Waals surface area contributed by atoms with Crippen LogP contribution in [0.4, 0.5) is 10.1 Å². The van der Waals surface area contributed by atoms with Gasteiger partial charge in [-0.05, 0) is 43.7 Å². The van der Waals surface area contributed by atoms with Crippen LogP contribution in [0.2, 0.25) is 0 Å². The summed E-state index contributed by atoms with van der Waals surface area (Å²) in [5, 5.41) is 2.75. The summed E-state index contributed by atoms with van der Waals surface area (Å²) >= 11 is 5.01. The maximum Gasteiger partial charge on any atom is 0.238 e. The Kier molecular flexibility index (Phi) is 5.03. The number of carbonyl (C=O) groups excluding carboxylic acids is 1. The molecule has 1 fully saturated rings.